The van der Waals surface area contributed by atoms with Crippen LogP contribution in [-0.2, 0) is 6.42 Å². The molecule has 4 aliphatic carbocycles. The molecular weight excluding hydrogens is 694 g/mol. The van der Waals surface area contributed by atoms with Gasteiger partial charge in [-0.25, -0.2) is 0 Å². The van der Waals surface area contributed by atoms with Gasteiger partial charge in [-0.15, -0.1) is 0 Å². The third-order valence-electron chi connectivity index (χ3n) is 11.5. The molecule has 0 amide bonds. The standard InChI is InChI=1S/C35H48.C3H8.U/c1-24-16-21-31-33(23-29-13-7-6-10-25(29)2)30-14-8-9-15-32(30)35(34(31)22-24)28-19-17-27(18-20-28)26-11-4-3-5-12-26;1-3-2;/h3-7,10-13,24,27-28,30-35H,8-9,14-23H2,1-2H3;3H2,1-2H3;/t24?,27?,28?,30?,31?,32?,33?,34-,35?;;/m1../s1. The van der Waals surface area contributed by atoms with Crippen molar-refractivity contribution < 1.29 is 31.1 Å². The van der Waals surface area contributed by atoms with Gasteiger partial charge in [-0.2, -0.15) is 0 Å². The summed E-state index contributed by atoms with van der Waals surface area (Å²) in [4.78, 5) is 0. The molecule has 0 radical (unpaired) electrons. The summed E-state index contributed by atoms with van der Waals surface area (Å²) < 4.78 is 0. The van der Waals surface area contributed by atoms with E-state index in [9.17, 15) is 0 Å². The third-order valence-corrected chi connectivity index (χ3v) is 11.5. The summed E-state index contributed by atoms with van der Waals surface area (Å²) in [6.07, 6.45) is 19.0. The van der Waals surface area contributed by atoms with Gasteiger partial charge in [0.2, 0.25) is 0 Å². The van der Waals surface area contributed by atoms with Crippen LogP contribution in [0.1, 0.15) is 120 Å². The molecule has 0 N–H and O–H groups in total. The number of hydrogen-bond acceptors (Lipinski definition) is 0. The minimum absolute atomic E-state index is 0. The van der Waals surface area contributed by atoms with Crippen LogP contribution >= 0.6 is 0 Å². The van der Waals surface area contributed by atoms with Crippen molar-refractivity contribution >= 4 is 0 Å². The smallest absolute Gasteiger partial charge is 0 e. The largest absolute Gasteiger partial charge is 0.0656 e. The Labute approximate surface area is 265 Å². The Kier molecular flexibility index (Phi) is 12.2. The van der Waals surface area contributed by atoms with Crippen molar-refractivity contribution in [2.45, 2.75) is 117 Å². The van der Waals surface area contributed by atoms with E-state index in [1.165, 1.54) is 89.0 Å². The summed E-state index contributed by atoms with van der Waals surface area (Å²) in [5.74, 6) is 8.73. The molecule has 0 heterocycles. The van der Waals surface area contributed by atoms with Gasteiger partial charge < -0.3 is 0 Å². The van der Waals surface area contributed by atoms with Gasteiger partial charge in [-0.3, -0.25) is 0 Å². The Hall–Kier alpha value is -0.508. The Morgan fingerprint density at radius 3 is 1.97 bits per heavy atom. The summed E-state index contributed by atoms with van der Waals surface area (Å²) in [6.45, 7) is 9.17. The van der Waals surface area contributed by atoms with Crippen LogP contribution in [0.4, 0.5) is 0 Å². The molecule has 212 valence electrons. The molecule has 2 aromatic rings. The number of fused-ring (bicyclic) bond motifs is 2. The van der Waals surface area contributed by atoms with E-state index in [4.69, 9.17) is 0 Å². The maximum absolute atomic E-state index is 2.57. The minimum atomic E-state index is 0. The average Bonchev–Trinajstić information content (AvgIpc) is 2.95. The van der Waals surface area contributed by atoms with Crippen molar-refractivity contribution in [2.75, 3.05) is 0 Å². The van der Waals surface area contributed by atoms with E-state index in [1.54, 1.807) is 11.1 Å². The maximum Gasteiger partial charge on any atom is 0 e. The van der Waals surface area contributed by atoms with E-state index >= 15 is 0 Å². The number of rotatable bonds is 4. The SMILES string of the molecule is CCC.Cc1ccccc1CC1C2CCCCC2C(C2CCC(c3ccccc3)CC2)[C@@H]2CC(C)CCC12.[U]. The first kappa shape index (κ1) is 31.4. The van der Waals surface area contributed by atoms with E-state index in [0.29, 0.717) is 0 Å². The summed E-state index contributed by atoms with van der Waals surface area (Å²) in [6, 6.07) is 20.8. The Morgan fingerprint density at radius 2 is 1.28 bits per heavy atom. The van der Waals surface area contributed by atoms with Gasteiger partial charge in [0.05, 0.1) is 0 Å². The quantitative estimate of drug-likeness (QED) is 0.292. The van der Waals surface area contributed by atoms with Crippen LogP contribution in [0.15, 0.2) is 54.6 Å². The van der Waals surface area contributed by atoms with Crippen molar-refractivity contribution in [1.29, 1.82) is 0 Å². The first-order chi connectivity index (χ1) is 18.6. The van der Waals surface area contributed by atoms with E-state index in [1.807, 2.05) is 0 Å². The zero-order valence-corrected chi connectivity index (χ0v) is 29.7. The predicted molar refractivity (Wildman–Crippen MR) is 164 cm³/mol. The van der Waals surface area contributed by atoms with Gasteiger partial charge >= 0.3 is 0 Å². The Balaban J connectivity index is 0.000000845. The molecule has 6 unspecified atom stereocenters. The first-order valence-electron chi connectivity index (χ1n) is 16.7. The molecule has 0 saturated heterocycles. The second-order valence-electron chi connectivity index (χ2n) is 14.0. The van der Waals surface area contributed by atoms with Crippen LogP contribution in [0.2, 0.25) is 0 Å². The van der Waals surface area contributed by atoms with Gasteiger partial charge in [0.25, 0.3) is 0 Å². The van der Waals surface area contributed by atoms with Crippen LogP contribution in [0, 0.1) is 85.4 Å². The van der Waals surface area contributed by atoms with Gasteiger partial charge in [0.1, 0.15) is 0 Å². The molecule has 4 fully saturated rings. The zero-order chi connectivity index (χ0) is 26.5. The van der Waals surface area contributed by atoms with Crippen LogP contribution < -0.4 is 0 Å². The predicted octanol–water partition coefficient (Wildman–Crippen LogP) is 11.0. The fourth-order valence-electron chi connectivity index (χ4n) is 9.91. The first-order valence-corrected chi connectivity index (χ1v) is 16.7. The monoisotopic (exact) mass is 750 g/mol. The van der Waals surface area contributed by atoms with Crippen molar-refractivity contribution in [3.63, 3.8) is 0 Å². The van der Waals surface area contributed by atoms with Crippen LogP contribution in [-0.4, -0.2) is 0 Å². The van der Waals surface area contributed by atoms with E-state index < -0.39 is 0 Å². The van der Waals surface area contributed by atoms with Gasteiger partial charge in [0, 0.05) is 31.1 Å². The molecule has 0 nitrogen and oxygen atoms in total. The van der Waals surface area contributed by atoms with Gasteiger partial charge in [-0.05, 0) is 135 Å². The van der Waals surface area contributed by atoms with Crippen molar-refractivity contribution in [3.8, 4) is 0 Å². The number of hydrogen-bond donors (Lipinski definition) is 0. The molecule has 0 aliphatic heterocycles. The molecule has 4 aliphatic rings. The van der Waals surface area contributed by atoms with Crippen molar-refractivity contribution in [2.24, 2.45) is 47.3 Å². The van der Waals surface area contributed by atoms with Crippen molar-refractivity contribution in [3.05, 3.63) is 71.3 Å². The van der Waals surface area contributed by atoms with E-state index in [-0.39, 0.29) is 31.1 Å². The summed E-state index contributed by atoms with van der Waals surface area (Å²) in [7, 11) is 0. The van der Waals surface area contributed by atoms with Crippen molar-refractivity contribution in [1.82, 2.24) is 0 Å². The number of benzene rings is 2. The fraction of sp³-hybridized carbons (Fsp3) is 0.684. The third kappa shape index (κ3) is 7.29. The minimum Gasteiger partial charge on any atom is -0.0656 e. The second kappa shape index (κ2) is 15.1. The summed E-state index contributed by atoms with van der Waals surface area (Å²) >= 11 is 0. The average molecular weight is 751 g/mol. The Morgan fingerprint density at radius 1 is 0.667 bits per heavy atom. The van der Waals surface area contributed by atoms with Gasteiger partial charge in [0.15, 0.2) is 0 Å². The fourth-order valence-corrected chi connectivity index (χ4v) is 9.91. The van der Waals surface area contributed by atoms with Crippen LogP contribution in [0.3, 0.4) is 0 Å². The van der Waals surface area contributed by atoms with Crippen LogP contribution in [0.5, 0.6) is 0 Å². The van der Waals surface area contributed by atoms with Gasteiger partial charge in [-0.1, -0.05) is 101 Å². The molecule has 7 atom stereocenters. The Bertz CT molecular complexity index is 973. The summed E-state index contributed by atoms with van der Waals surface area (Å²) in [5, 5.41) is 0. The zero-order valence-electron chi connectivity index (χ0n) is 25.6. The molecule has 39 heavy (non-hydrogen) atoms. The molecule has 1 heteroatoms. The molecule has 0 bridgehead atoms. The second-order valence-corrected chi connectivity index (χ2v) is 14.0. The molecule has 0 spiro atoms. The molecule has 2 aromatic carbocycles. The van der Waals surface area contributed by atoms with E-state index in [0.717, 1.165) is 53.3 Å². The summed E-state index contributed by atoms with van der Waals surface area (Å²) in [5.41, 5.74) is 4.79. The molecular formula is C38H56U. The maximum atomic E-state index is 2.57. The topological polar surface area (TPSA) is 0 Å². The molecule has 4 saturated carbocycles. The van der Waals surface area contributed by atoms with E-state index in [2.05, 4.69) is 82.3 Å². The number of aryl methyl sites for hydroxylation is 1. The molecule has 6 rings (SSSR count). The normalized spacial score (nSPS) is 35.8. The molecule has 0 aromatic heterocycles. The van der Waals surface area contributed by atoms with Crippen LogP contribution in [0.25, 0.3) is 0 Å².